The summed E-state index contributed by atoms with van der Waals surface area (Å²) < 4.78 is 12.1. The minimum atomic E-state index is -0.858. The van der Waals surface area contributed by atoms with Crippen molar-refractivity contribution < 1.29 is 19.4 Å². The molecule has 0 aromatic carbocycles. The zero-order valence-electron chi connectivity index (χ0n) is 14.3. The summed E-state index contributed by atoms with van der Waals surface area (Å²) in [6, 6.07) is 0. The number of ether oxygens (including phenoxy) is 2. The third-order valence-electron chi connectivity index (χ3n) is 7.08. The maximum atomic E-state index is 11.4. The van der Waals surface area contributed by atoms with Gasteiger partial charge < -0.3 is 14.6 Å². The molecule has 2 aliphatic carbocycles. The summed E-state index contributed by atoms with van der Waals surface area (Å²) in [5, 5.41) is 9.33. The molecular weight excluding hydrogens is 280 g/mol. The highest BCUT2D eigenvalue weighted by Gasteiger charge is 2.69. The van der Waals surface area contributed by atoms with Crippen LogP contribution in [0.4, 0.5) is 0 Å². The zero-order chi connectivity index (χ0) is 16.1. The van der Waals surface area contributed by atoms with Crippen LogP contribution in [-0.4, -0.2) is 29.6 Å². The molecule has 0 radical (unpaired) electrons. The standard InChI is InChI=1S/C18H30O4/c1-5-6-7-13(16(19)20)21-14-10-11-12-8-9-18(4,15(11)22-14)17(12,2)3/h11-15H,5-10H2,1-4H3,(H,19,20)/t11-,12+,13?,14-,15-,18-/m1/s1. The molecule has 3 aliphatic rings. The first kappa shape index (κ1) is 16.3. The van der Waals surface area contributed by atoms with Gasteiger partial charge in [-0.15, -0.1) is 0 Å². The molecule has 0 aromatic rings. The second kappa shape index (κ2) is 5.48. The van der Waals surface area contributed by atoms with Crippen molar-refractivity contribution in [2.24, 2.45) is 22.7 Å². The van der Waals surface area contributed by atoms with Crippen LogP contribution in [0.2, 0.25) is 0 Å². The van der Waals surface area contributed by atoms with E-state index in [-0.39, 0.29) is 17.8 Å². The Labute approximate surface area is 133 Å². The number of hydrogen-bond donors (Lipinski definition) is 1. The molecule has 1 aliphatic heterocycles. The first-order valence-corrected chi connectivity index (χ1v) is 8.85. The van der Waals surface area contributed by atoms with Crippen LogP contribution in [0.15, 0.2) is 0 Å². The number of carboxylic acid groups (broad SMARTS) is 1. The van der Waals surface area contributed by atoms with Gasteiger partial charge in [-0.25, -0.2) is 4.79 Å². The average molecular weight is 310 g/mol. The number of aliphatic carboxylic acids is 1. The Bertz CT molecular complexity index is 446. The zero-order valence-corrected chi connectivity index (χ0v) is 14.3. The van der Waals surface area contributed by atoms with Gasteiger partial charge >= 0.3 is 5.97 Å². The second-order valence-corrected chi connectivity index (χ2v) is 8.28. The Balaban J connectivity index is 1.66. The topological polar surface area (TPSA) is 55.8 Å². The Morgan fingerprint density at radius 2 is 2.14 bits per heavy atom. The van der Waals surface area contributed by atoms with Crippen LogP contribution in [0.3, 0.4) is 0 Å². The van der Waals surface area contributed by atoms with E-state index in [4.69, 9.17) is 9.47 Å². The molecule has 3 fully saturated rings. The molecule has 2 saturated carbocycles. The van der Waals surface area contributed by atoms with Gasteiger partial charge in [0.05, 0.1) is 6.10 Å². The minimum absolute atomic E-state index is 0.211. The summed E-state index contributed by atoms with van der Waals surface area (Å²) in [7, 11) is 0. The quantitative estimate of drug-likeness (QED) is 0.810. The summed E-state index contributed by atoms with van der Waals surface area (Å²) in [6.07, 6.45) is 4.99. The van der Waals surface area contributed by atoms with E-state index < -0.39 is 12.1 Å². The van der Waals surface area contributed by atoms with Crippen molar-refractivity contribution in [3.63, 3.8) is 0 Å². The highest BCUT2D eigenvalue weighted by atomic mass is 16.7. The van der Waals surface area contributed by atoms with Crippen molar-refractivity contribution in [1.29, 1.82) is 0 Å². The van der Waals surface area contributed by atoms with E-state index in [9.17, 15) is 9.90 Å². The fraction of sp³-hybridized carbons (Fsp3) is 0.944. The molecule has 1 unspecified atom stereocenters. The molecule has 3 rings (SSSR count). The van der Waals surface area contributed by atoms with Gasteiger partial charge in [-0.1, -0.05) is 40.5 Å². The second-order valence-electron chi connectivity index (χ2n) is 8.28. The molecule has 0 amide bonds. The molecule has 1 heterocycles. The SMILES string of the molecule is CCCCC(O[C@H]1C[C@H]2[C@@H](O1)[C@@]1(C)CC[C@@H]2C1(C)C)C(=O)O. The summed E-state index contributed by atoms with van der Waals surface area (Å²) >= 11 is 0. The van der Waals surface area contributed by atoms with Crippen molar-refractivity contribution in [2.45, 2.75) is 84.7 Å². The van der Waals surface area contributed by atoms with Crippen LogP contribution in [-0.2, 0) is 14.3 Å². The molecule has 2 bridgehead atoms. The van der Waals surface area contributed by atoms with E-state index >= 15 is 0 Å². The average Bonchev–Trinajstić information content (AvgIpc) is 3.00. The normalized spacial score (nSPS) is 43.3. The van der Waals surface area contributed by atoms with Crippen LogP contribution in [0.1, 0.15) is 66.2 Å². The van der Waals surface area contributed by atoms with E-state index in [0.717, 1.165) is 19.3 Å². The van der Waals surface area contributed by atoms with Gasteiger partial charge in [0.25, 0.3) is 0 Å². The molecule has 0 aromatic heterocycles. The number of rotatable bonds is 6. The number of fused-ring (bicyclic) bond motifs is 5. The van der Waals surface area contributed by atoms with Crippen molar-refractivity contribution >= 4 is 5.97 Å². The Morgan fingerprint density at radius 3 is 2.73 bits per heavy atom. The van der Waals surface area contributed by atoms with Crippen molar-refractivity contribution in [1.82, 2.24) is 0 Å². The summed E-state index contributed by atoms with van der Waals surface area (Å²) in [5.41, 5.74) is 0.532. The fourth-order valence-electron chi connectivity index (χ4n) is 5.39. The molecule has 22 heavy (non-hydrogen) atoms. The molecule has 126 valence electrons. The molecular formula is C18H30O4. The van der Waals surface area contributed by atoms with E-state index in [0.29, 0.717) is 23.7 Å². The van der Waals surface area contributed by atoms with Crippen LogP contribution in [0, 0.1) is 22.7 Å². The Hall–Kier alpha value is -0.610. The third-order valence-corrected chi connectivity index (χ3v) is 7.08. The third kappa shape index (κ3) is 2.22. The predicted octanol–water partition coefficient (Wildman–Crippen LogP) is 3.83. The molecule has 1 saturated heterocycles. The van der Waals surface area contributed by atoms with E-state index in [1.807, 2.05) is 0 Å². The molecule has 4 nitrogen and oxygen atoms in total. The summed E-state index contributed by atoms with van der Waals surface area (Å²) in [6.45, 7) is 9.18. The van der Waals surface area contributed by atoms with E-state index in [1.54, 1.807) is 0 Å². The lowest BCUT2D eigenvalue weighted by Crippen LogP contribution is -2.38. The lowest BCUT2D eigenvalue weighted by atomic mass is 9.70. The van der Waals surface area contributed by atoms with Crippen molar-refractivity contribution in [3.8, 4) is 0 Å². The van der Waals surface area contributed by atoms with Gasteiger partial charge in [0, 0.05) is 6.42 Å². The summed E-state index contributed by atoms with van der Waals surface area (Å²) in [4.78, 5) is 11.4. The van der Waals surface area contributed by atoms with Gasteiger partial charge in [-0.2, -0.15) is 0 Å². The van der Waals surface area contributed by atoms with Crippen LogP contribution >= 0.6 is 0 Å². The molecule has 6 atom stereocenters. The lowest BCUT2D eigenvalue weighted by molar-refractivity contribution is -0.199. The molecule has 1 N–H and O–H groups in total. The predicted molar refractivity (Wildman–Crippen MR) is 83.4 cm³/mol. The highest BCUT2D eigenvalue weighted by Crippen LogP contribution is 2.71. The van der Waals surface area contributed by atoms with Crippen LogP contribution in [0.25, 0.3) is 0 Å². The number of carbonyl (C=O) groups is 1. The smallest absolute Gasteiger partial charge is 0.332 e. The van der Waals surface area contributed by atoms with Gasteiger partial charge in [0.2, 0.25) is 0 Å². The summed E-state index contributed by atoms with van der Waals surface area (Å²) in [5.74, 6) is 0.373. The maximum absolute atomic E-state index is 11.4. The first-order valence-electron chi connectivity index (χ1n) is 8.85. The Kier molecular flexibility index (Phi) is 4.05. The van der Waals surface area contributed by atoms with E-state index in [1.165, 1.54) is 12.8 Å². The lowest BCUT2D eigenvalue weighted by Gasteiger charge is -2.38. The van der Waals surface area contributed by atoms with Crippen molar-refractivity contribution in [2.75, 3.05) is 0 Å². The highest BCUT2D eigenvalue weighted by molar-refractivity contribution is 5.72. The Morgan fingerprint density at radius 1 is 1.41 bits per heavy atom. The fourth-order valence-corrected chi connectivity index (χ4v) is 5.39. The number of unbranched alkanes of at least 4 members (excludes halogenated alkanes) is 1. The molecule has 4 heteroatoms. The van der Waals surface area contributed by atoms with Gasteiger partial charge in [0.1, 0.15) is 0 Å². The molecule has 0 spiro atoms. The van der Waals surface area contributed by atoms with Crippen LogP contribution in [0.5, 0.6) is 0 Å². The van der Waals surface area contributed by atoms with Crippen LogP contribution < -0.4 is 0 Å². The minimum Gasteiger partial charge on any atom is -0.479 e. The van der Waals surface area contributed by atoms with Gasteiger partial charge in [-0.3, -0.25) is 0 Å². The first-order chi connectivity index (χ1) is 10.3. The largest absolute Gasteiger partial charge is 0.479 e. The number of carboxylic acids is 1. The van der Waals surface area contributed by atoms with Gasteiger partial charge in [0.15, 0.2) is 12.4 Å². The number of hydrogen-bond acceptors (Lipinski definition) is 3. The van der Waals surface area contributed by atoms with Gasteiger partial charge in [-0.05, 0) is 41.9 Å². The van der Waals surface area contributed by atoms with E-state index in [2.05, 4.69) is 27.7 Å². The monoisotopic (exact) mass is 310 g/mol. The van der Waals surface area contributed by atoms with Crippen molar-refractivity contribution in [3.05, 3.63) is 0 Å². The maximum Gasteiger partial charge on any atom is 0.332 e.